The number of piperazine rings is 1. The standard InChI is InChI=1S/C18H26N4O2S2/c1-3-4-10-25-14(2)17(24)21-7-5-20(6-8-21)13-15-12-16(23)22-9-11-26-18(22)19-15/h9,11-12,14H,3-8,10,13H2,1-2H3. The molecule has 0 bridgehead atoms. The first-order valence-corrected chi connectivity index (χ1v) is 11.1. The van der Waals surface area contributed by atoms with E-state index in [1.54, 1.807) is 28.4 Å². The maximum atomic E-state index is 12.6. The van der Waals surface area contributed by atoms with E-state index >= 15 is 0 Å². The van der Waals surface area contributed by atoms with Crippen LogP contribution in [0.5, 0.6) is 0 Å². The van der Waals surface area contributed by atoms with Crippen molar-refractivity contribution in [2.75, 3.05) is 31.9 Å². The molecule has 1 fully saturated rings. The average Bonchev–Trinajstić information content (AvgIpc) is 3.11. The van der Waals surface area contributed by atoms with Gasteiger partial charge in [0.2, 0.25) is 5.91 Å². The lowest BCUT2D eigenvalue weighted by atomic mass is 10.2. The van der Waals surface area contributed by atoms with Gasteiger partial charge in [-0.3, -0.25) is 18.9 Å². The molecule has 1 aliphatic rings. The lowest BCUT2D eigenvalue weighted by Crippen LogP contribution is -2.50. The van der Waals surface area contributed by atoms with Gasteiger partial charge in [0.05, 0.1) is 10.9 Å². The average molecular weight is 395 g/mol. The Morgan fingerprint density at radius 1 is 1.35 bits per heavy atom. The van der Waals surface area contributed by atoms with Crippen LogP contribution in [0.4, 0.5) is 0 Å². The van der Waals surface area contributed by atoms with Crippen molar-refractivity contribution in [3.63, 3.8) is 0 Å². The number of nitrogens with zero attached hydrogens (tertiary/aromatic N) is 4. The van der Waals surface area contributed by atoms with E-state index < -0.39 is 0 Å². The molecule has 0 aliphatic carbocycles. The van der Waals surface area contributed by atoms with Crippen LogP contribution in [0.3, 0.4) is 0 Å². The van der Waals surface area contributed by atoms with Gasteiger partial charge in [0.15, 0.2) is 4.96 Å². The van der Waals surface area contributed by atoms with Gasteiger partial charge >= 0.3 is 0 Å². The summed E-state index contributed by atoms with van der Waals surface area (Å²) >= 11 is 3.23. The van der Waals surface area contributed by atoms with E-state index in [0.29, 0.717) is 6.54 Å². The number of hydrogen-bond acceptors (Lipinski definition) is 6. The van der Waals surface area contributed by atoms with E-state index in [1.165, 1.54) is 17.8 Å². The minimum Gasteiger partial charge on any atom is -0.339 e. The molecule has 6 nitrogen and oxygen atoms in total. The van der Waals surface area contributed by atoms with Gasteiger partial charge in [-0.05, 0) is 19.1 Å². The van der Waals surface area contributed by atoms with Crippen molar-refractivity contribution < 1.29 is 4.79 Å². The highest BCUT2D eigenvalue weighted by molar-refractivity contribution is 8.00. The Labute approximate surface area is 162 Å². The predicted molar refractivity (Wildman–Crippen MR) is 108 cm³/mol. The number of carbonyl (C=O) groups is 1. The highest BCUT2D eigenvalue weighted by Gasteiger charge is 2.25. The molecule has 1 saturated heterocycles. The maximum absolute atomic E-state index is 12.6. The molecule has 1 atom stereocenters. The van der Waals surface area contributed by atoms with Gasteiger partial charge in [0.1, 0.15) is 0 Å². The van der Waals surface area contributed by atoms with Crippen LogP contribution in [0.2, 0.25) is 0 Å². The van der Waals surface area contributed by atoms with Gasteiger partial charge in [-0.1, -0.05) is 13.3 Å². The zero-order valence-corrected chi connectivity index (χ0v) is 17.0. The monoisotopic (exact) mass is 394 g/mol. The number of amides is 1. The first kappa shape index (κ1) is 19.4. The highest BCUT2D eigenvalue weighted by Crippen LogP contribution is 2.17. The van der Waals surface area contributed by atoms with Crippen molar-refractivity contribution in [1.82, 2.24) is 19.2 Å². The van der Waals surface area contributed by atoms with Crippen LogP contribution in [-0.4, -0.2) is 62.3 Å². The summed E-state index contributed by atoms with van der Waals surface area (Å²) in [5, 5.41) is 1.91. The second-order valence-electron chi connectivity index (χ2n) is 6.61. The van der Waals surface area contributed by atoms with Crippen molar-refractivity contribution in [3.05, 3.63) is 33.7 Å². The van der Waals surface area contributed by atoms with E-state index in [4.69, 9.17) is 0 Å². The molecule has 2 aromatic heterocycles. The van der Waals surface area contributed by atoms with Crippen molar-refractivity contribution in [2.24, 2.45) is 0 Å². The van der Waals surface area contributed by atoms with E-state index in [0.717, 1.165) is 49.0 Å². The van der Waals surface area contributed by atoms with Crippen LogP contribution in [0.15, 0.2) is 22.4 Å². The molecule has 1 unspecified atom stereocenters. The molecule has 0 saturated carbocycles. The molecular formula is C18H26N4O2S2. The number of fused-ring (bicyclic) bond motifs is 1. The largest absolute Gasteiger partial charge is 0.339 e. The Morgan fingerprint density at radius 2 is 2.12 bits per heavy atom. The summed E-state index contributed by atoms with van der Waals surface area (Å²) < 4.78 is 1.57. The summed E-state index contributed by atoms with van der Waals surface area (Å²) in [6, 6.07) is 1.61. The van der Waals surface area contributed by atoms with Crippen molar-refractivity contribution in [3.8, 4) is 0 Å². The fourth-order valence-corrected chi connectivity index (χ4v) is 4.90. The first-order valence-electron chi connectivity index (χ1n) is 9.17. The highest BCUT2D eigenvalue weighted by atomic mass is 32.2. The third kappa shape index (κ3) is 4.66. The second-order valence-corrected chi connectivity index (χ2v) is 8.93. The molecule has 0 spiro atoms. The lowest BCUT2D eigenvalue weighted by molar-refractivity contribution is -0.132. The molecule has 0 aromatic carbocycles. The van der Waals surface area contributed by atoms with E-state index in [2.05, 4.69) is 16.8 Å². The fourth-order valence-electron chi connectivity index (χ4n) is 3.06. The molecule has 1 aliphatic heterocycles. The summed E-state index contributed by atoms with van der Waals surface area (Å²) in [4.78, 5) is 34.2. The Balaban J connectivity index is 1.51. The Hall–Kier alpha value is -1.38. The van der Waals surface area contributed by atoms with Gasteiger partial charge in [-0.25, -0.2) is 4.98 Å². The van der Waals surface area contributed by atoms with Gasteiger partial charge in [0, 0.05) is 50.4 Å². The summed E-state index contributed by atoms with van der Waals surface area (Å²) in [6.07, 6.45) is 4.09. The van der Waals surface area contributed by atoms with Crippen LogP contribution in [-0.2, 0) is 11.3 Å². The van der Waals surface area contributed by atoms with Crippen molar-refractivity contribution >= 4 is 34.0 Å². The van der Waals surface area contributed by atoms with Crippen LogP contribution in [0, 0.1) is 0 Å². The van der Waals surface area contributed by atoms with Gasteiger partial charge in [-0.2, -0.15) is 0 Å². The zero-order valence-electron chi connectivity index (χ0n) is 15.4. The molecular weight excluding hydrogens is 368 g/mol. The molecule has 2 aromatic rings. The van der Waals surface area contributed by atoms with Crippen LogP contribution in [0.25, 0.3) is 4.96 Å². The number of carbonyl (C=O) groups excluding carboxylic acids is 1. The number of thiazole rings is 1. The molecule has 3 heterocycles. The van der Waals surface area contributed by atoms with Crippen LogP contribution in [0.1, 0.15) is 32.4 Å². The van der Waals surface area contributed by atoms with Gasteiger partial charge < -0.3 is 4.90 Å². The molecule has 26 heavy (non-hydrogen) atoms. The SMILES string of the molecule is CCCCSC(C)C(=O)N1CCN(Cc2cc(=O)n3ccsc3n2)CC1. The number of aromatic nitrogens is 2. The predicted octanol–water partition coefficient (Wildman–Crippen LogP) is 2.32. The summed E-state index contributed by atoms with van der Waals surface area (Å²) in [5.74, 6) is 1.30. The number of rotatable bonds is 7. The maximum Gasteiger partial charge on any atom is 0.258 e. The van der Waals surface area contributed by atoms with E-state index in [9.17, 15) is 9.59 Å². The fraction of sp³-hybridized carbons (Fsp3) is 0.611. The number of hydrogen-bond donors (Lipinski definition) is 0. The lowest BCUT2D eigenvalue weighted by Gasteiger charge is -2.35. The Bertz CT molecular complexity index is 796. The summed E-state index contributed by atoms with van der Waals surface area (Å²) in [6.45, 7) is 7.99. The molecule has 0 radical (unpaired) electrons. The first-order chi connectivity index (χ1) is 12.6. The van der Waals surface area contributed by atoms with Gasteiger partial charge in [-0.15, -0.1) is 23.1 Å². The third-order valence-corrected chi connectivity index (χ3v) is 6.62. The third-order valence-electron chi connectivity index (χ3n) is 4.64. The molecule has 3 rings (SSSR count). The smallest absolute Gasteiger partial charge is 0.258 e. The van der Waals surface area contributed by atoms with Crippen LogP contribution >= 0.6 is 23.1 Å². The van der Waals surface area contributed by atoms with Crippen molar-refractivity contribution in [1.29, 1.82) is 0 Å². The quantitative estimate of drug-likeness (QED) is 0.675. The Kier molecular flexibility index (Phi) is 6.72. The number of thioether (sulfide) groups is 1. The molecule has 8 heteroatoms. The number of unbranched alkanes of at least 4 members (excludes halogenated alkanes) is 1. The summed E-state index contributed by atoms with van der Waals surface area (Å²) in [7, 11) is 0. The Morgan fingerprint density at radius 3 is 2.85 bits per heavy atom. The second kappa shape index (κ2) is 9.01. The molecule has 142 valence electrons. The minimum absolute atomic E-state index is 0.0296. The van der Waals surface area contributed by atoms with Crippen molar-refractivity contribution in [2.45, 2.75) is 38.5 Å². The van der Waals surface area contributed by atoms with Gasteiger partial charge in [0.25, 0.3) is 5.56 Å². The topological polar surface area (TPSA) is 57.9 Å². The zero-order chi connectivity index (χ0) is 18.5. The molecule has 0 N–H and O–H groups in total. The summed E-state index contributed by atoms with van der Waals surface area (Å²) in [5.41, 5.74) is 0.777. The molecule has 1 amide bonds. The van der Waals surface area contributed by atoms with E-state index in [1.807, 2.05) is 17.2 Å². The minimum atomic E-state index is -0.0296. The van der Waals surface area contributed by atoms with Crippen LogP contribution < -0.4 is 5.56 Å². The normalized spacial score (nSPS) is 16.9. The van der Waals surface area contributed by atoms with E-state index in [-0.39, 0.29) is 16.7 Å².